The number of hydrogen-bond acceptors (Lipinski definition) is 0. The van der Waals surface area contributed by atoms with Gasteiger partial charge in [0.15, 0.2) is 0 Å². The summed E-state index contributed by atoms with van der Waals surface area (Å²) in [5, 5.41) is 0. The van der Waals surface area contributed by atoms with Crippen LogP contribution in [0.1, 0.15) is 0 Å². The van der Waals surface area contributed by atoms with Gasteiger partial charge in [0, 0.05) is 0 Å². The molecular formula is Cl6IrNa2. The molecule has 0 atom stereocenters. The Balaban J connectivity index is -0.000000180. The van der Waals surface area contributed by atoms with Crippen molar-refractivity contribution < 1.29 is 65.9 Å². The van der Waals surface area contributed by atoms with Crippen molar-refractivity contribution in [1.29, 1.82) is 0 Å². The second kappa shape index (κ2) is 4.27. The Morgan fingerprint density at radius 1 is 0.556 bits per heavy atom. The second-order valence-electron chi connectivity index (χ2n) is 0.714. The molecule has 0 rings (SSSR count). The standard InChI is InChI=1S/6ClH.Ir.2Na/h6*1H;;;/q;;;;;;+4;2*+1/p-6. The molecule has 0 aromatic heterocycles. The Morgan fingerprint density at radius 2 is 0.556 bits per heavy atom. The summed E-state index contributed by atoms with van der Waals surface area (Å²) >= 11 is 0. The smallest absolute Gasteiger partial charge is 1.00 e. The van der Waals surface area contributed by atoms with E-state index in [-0.39, 0.29) is 59.1 Å². The number of halogens is 6. The molecule has 0 radical (unpaired) electrons. The van der Waals surface area contributed by atoms with Crippen molar-refractivity contribution in [3.05, 3.63) is 0 Å². The molecule has 0 nitrogen and oxygen atoms in total. The van der Waals surface area contributed by atoms with Crippen LogP contribution in [-0.4, -0.2) is 0 Å². The third-order valence-corrected chi connectivity index (χ3v) is 0. The SMILES string of the molecule is [Cl][Ir-2]([Cl])([Cl])([Cl])([Cl])[Cl].[Na+].[Na+]. The Labute approximate surface area is 120 Å². The molecule has 0 amide bonds. The Kier molecular flexibility index (Phi) is 9.04. The first-order valence-electron chi connectivity index (χ1n) is 0.756. The van der Waals surface area contributed by atoms with Gasteiger partial charge in [-0.1, -0.05) is 0 Å². The molecule has 0 aliphatic carbocycles. The van der Waals surface area contributed by atoms with Gasteiger partial charge in [-0.3, -0.25) is 0 Å². The van der Waals surface area contributed by atoms with Crippen molar-refractivity contribution in [2.75, 3.05) is 0 Å². The summed E-state index contributed by atoms with van der Waals surface area (Å²) in [5.41, 5.74) is 0. The van der Waals surface area contributed by atoms with Gasteiger partial charge in [-0.05, 0) is 0 Å². The maximum Gasteiger partial charge on any atom is 1.00 e. The van der Waals surface area contributed by atoms with Gasteiger partial charge in [0.05, 0.1) is 0 Å². The van der Waals surface area contributed by atoms with E-state index in [4.69, 9.17) is 57.5 Å². The average Bonchev–Trinajstić information content (AvgIpc) is 0.592. The Hall–Kier alpha value is 4.39. The largest absolute Gasteiger partial charge is 1.00 e. The maximum absolute atomic E-state index is 5.33. The molecule has 0 fully saturated rings. The second-order valence-corrected chi connectivity index (χ2v) is 52.6. The van der Waals surface area contributed by atoms with Gasteiger partial charge < -0.3 is 0 Å². The summed E-state index contributed by atoms with van der Waals surface area (Å²) in [6, 6.07) is 0. The van der Waals surface area contributed by atoms with E-state index < -0.39 is 6.81 Å². The van der Waals surface area contributed by atoms with Crippen LogP contribution in [0.5, 0.6) is 0 Å². The molecule has 0 aliphatic heterocycles. The van der Waals surface area contributed by atoms with Crippen LogP contribution in [0.3, 0.4) is 0 Å². The molecule has 0 aromatic rings. The zero-order valence-corrected chi connectivity index (χ0v) is 15.5. The van der Waals surface area contributed by atoms with Gasteiger partial charge in [0.1, 0.15) is 0 Å². The van der Waals surface area contributed by atoms with Crippen LogP contribution in [-0.2, 0) is 6.81 Å². The van der Waals surface area contributed by atoms with Crippen LogP contribution < -0.4 is 59.1 Å². The molecule has 9 heavy (non-hydrogen) atoms. The Morgan fingerprint density at radius 3 is 0.556 bits per heavy atom. The van der Waals surface area contributed by atoms with Crippen LogP contribution in [0.25, 0.3) is 0 Å². The van der Waals surface area contributed by atoms with Crippen molar-refractivity contribution in [3.63, 3.8) is 0 Å². The van der Waals surface area contributed by atoms with Gasteiger partial charge in [0.25, 0.3) is 0 Å². The first kappa shape index (κ1) is 19.0. The van der Waals surface area contributed by atoms with E-state index in [0.29, 0.717) is 0 Å². The molecule has 0 saturated heterocycles. The predicted molar refractivity (Wildman–Crippen MR) is 35.1 cm³/mol. The van der Waals surface area contributed by atoms with Crippen molar-refractivity contribution in [2.24, 2.45) is 0 Å². The molecule has 0 spiro atoms. The molecule has 0 aromatic carbocycles. The van der Waals surface area contributed by atoms with Crippen LogP contribution in [0.4, 0.5) is 0 Å². The van der Waals surface area contributed by atoms with Crippen molar-refractivity contribution in [3.8, 4) is 0 Å². The first-order valence-corrected chi connectivity index (χ1v) is 18.6. The maximum atomic E-state index is 5.06. The van der Waals surface area contributed by atoms with E-state index in [9.17, 15) is 0 Å². The molecule has 0 aliphatic rings. The minimum atomic E-state index is -5.33. The fraction of sp³-hybridized carbons (Fsp3) is 0. The number of hydrogen-bond donors (Lipinski definition) is 0. The zero-order valence-electron chi connectivity index (χ0n) is 4.60. The molecule has 0 unspecified atom stereocenters. The minimum Gasteiger partial charge on any atom is 1.00 e. The quantitative estimate of drug-likeness (QED) is 0.380. The predicted octanol–water partition coefficient (Wildman–Crippen LogP) is -1.86. The van der Waals surface area contributed by atoms with E-state index in [1.54, 1.807) is 0 Å². The van der Waals surface area contributed by atoms with Crippen molar-refractivity contribution in [2.45, 2.75) is 0 Å². The van der Waals surface area contributed by atoms with E-state index in [2.05, 4.69) is 0 Å². The molecule has 9 heteroatoms. The Bertz CT molecular complexity index is 69.6. The van der Waals surface area contributed by atoms with Crippen molar-refractivity contribution in [1.82, 2.24) is 0 Å². The van der Waals surface area contributed by atoms with E-state index in [1.165, 1.54) is 0 Å². The van der Waals surface area contributed by atoms with Crippen LogP contribution in [0, 0.1) is 0 Å². The van der Waals surface area contributed by atoms with Crippen LogP contribution in [0.15, 0.2) is 0 Å². The van der Waals surface area contributed by atoms with Crippen LogP contribution in [0.2, 0.25) is 0 Å². The summed E-state index contributed by atoms with van der Waals surface area (Å²) in [7, 11) is 30.3. The molecule has 0 N–H and O–H groups in total. The monoisotopic (exact) mass is 449 g/mol. The summed E-state index contributed by atoms with van der Waals surface area (Å²) in [5.74, 6) is 0. The third-order valence-electron chi connectivity index (χ3n) is 0. The van der Waals surface area contributed by atoms with Gasteiger partial charge in [-0.15, -0.1) is 0 Å². The molecule has 0 saturated carbocycles. The summed E-state index contributed by atoms with van der Waals surface area (Å²) in [4.78, 5) is 0. The van der Waals surface area contributed by atoms with Gasteiger partial charge >= 0.3 is 123 Å². The molecule has 53 valence electrons. The summed E-state index contributed by atoms with van der Waals surface area (Å²) in [6.45, 7) is -5.33. The topological polar surface area (TPSA) is 0 Å². The molecule has 0 heterocycles. The minimum absolute atomic E-state index is 0. The van der Waals surface area contributed by atoms with Gasteiger partial charge in [-0.2, -0.15) is 0 Å². The summed E-state index contributed by atoms with van der Waals surface area (Å²) in [6.07, 6.45) is 0. The fourth-order valence-corrected chi connectivity index (χ4v) is 0. The van der Waals surface area contributed by atoms with E-state index in [0.717, 1.165) is 0 Å². The number of rotatable bonds is 0. The van der Waals surface area contributed by atoms with Gasteiger partial charge in [-0.25, -0.2) is 0 Å². The fourth-order valence-electron chi connectivity index (χ4n) is 0. The molecule has 0 bridgehead atoms. The normalized spacial score (nSPS) is 18.0. The van der Waals surface area contributed by atoms with E-state index >= 15 is 0 Å². The zero-order chi connectivity index (χ0) is 6.41. The van der Waals surface area contributed by atoms with Gasteiger partial charge in [0.2, 0.25) is 0 Å². The average molecular weight is 451 g/mol. The third kappa shape index (κ3) is 69.4. The van der Waals surface area contributed by atoms with E-state index in [1.807, 2.05) is 0 Å². The van der Waals surface area contributed by atoms with Crippen molar-refractivity contribution >= 4 is 57.5 Å². The van der Waals surface area contributed by atoms with Crippen LogP contribution >= 0.6 is 57.5 Å². The molecular weight excluding hydrogens is 451 g/mol. The first-order chi connectivity index (χ1) is 2.45. The summed E-state index contributed by atoms with van der Waals surface area (Å²) < 4.78 is 0.